The molecule has 0 aliphatic rings. The third kappa shape index (κ3) is 3.52. The Morgan fingerprint density at radius 2 is 1.70 bits per heavy atom. The highest BCUT2D eigenvalue weighted by Crippen LogP contribution is 2.34. The number of amides is 1. The first kappa shape index (κ1) is 15.8. The van der Waals surface area contributed by atoms with Crippen LogP contribution in [0.4, 0.5) is 10.1 Å². The Hall–Kier alpha value is -0.620. The summed E-state index contributed by atoms with van der Waals surface area (Å²) in [4.78, 5) is 12.1. The molecule has 0 bridgehead atoms. The molecular formula is C13H6Br2Cl2FNO. The first-order chi connectivity index (χ1) is 9.38. The molecule has 2 aromatic carbocycles. The van der Waals surface area contributed by atoms with Crippen LogP contribution in [0, 0.1) is 5.82 Å². The molecule has 0 saturated heterocycles. The maximum Gasteiger partial charge on any atom is 0.255 e. The lowest BCUT2D eigenvalue weighted by Crippen LogP contribution is -2.12. The number of carbonyl (C=O) groups excluding carboxylic acids is 1. The van der Waals surface area contributed by atoms with Crippen LogP contribution in [0.25, 0.3) is 0 Å². The minimum Gasteiger partial charge on any atom is -0.319 e. The highest BCUT2D eigenvalue weighted by atomic mass is 79.9. The number of halogens is 5. The van der Waals surface area contributed by atoms with E-state index in [1.165, 1.54) is 18.2 Å². The molecule has 0 saturated carbocycles. The van der Waals surface area contributed by atoms with E-state index in [1.54, 1.807) is 12.1 Å². The van der Waals surface area contributed by atoms with Crippen LogP contribution in [-0.4, -0.2) is 5.91 Å². The van der Waals surface area contributed by atoms with Gasteiger partial charge < -0.3 is 5.32 Å². The molecule has 104 valence electrons. The van der Waals surface area contributed by atoms with Gasteiger partial charge in [0.1, 0.15) is 5.82 Å². The molecule has 0 atom stereocenters. The van der Waals surface area contributed by atoms with Gasteiger partial charge in [0.2, 0.25) is 0 Å². The average Bonchev–Trinajstić information content (AvgIpc) is 2.36. The second-order valence-electron chi connectivity index (χ2n) is 3.83. The fraction of sp³-hybridized carbons (Fsp3) is 0. The van der Waals surface area contributed by atoms with Crippen molar-refractivity contribution in [2.45, 2.75) is 0 Å². The van der Waals surface area contributed by atoms with E-state index in [1.807, 2.05) is 0 Å². The van der Waals surface area contributed by atoms with Crippen molar-refractivity contribution in [2.75, 3.05) is 5.32 Å². The second kappa shape index (κ2) is 6.43. The molecule has 1 N–H and O–H groups in total. The van der Waals surface area contributed by atoms with Gasteiger partial charge in [-0.25, -0.2) is 4.39 Å². The zero-order valence-corrected chi connectivity index (χ0v) is 14.4. The van der Waals surface area contributed by atoms with Gasteiger partial charge in [-0.05, 0) is 46.3 Å². The lowest BCUT2D eigenvalue weighted by molar-refractivity contribution is 0.102. The summed E-state index contributed by atoms with van der Waals surface area (Å²) in [5.74, 6) is -0.877. The van der Waals surface area contributed by atoms with E-state index < -0.39 is 11.7 Å². The Bertz CT molecular complexity index is 671. The quantitative estimate of drug-likeness (QED) is 0.616. The van der Waals surface area contributed by atoms with Crippen molar-refractivity contribution >= 4 is 66.7 Å². The van der Waals surface area contributed by atoms with Crippen molar-refractivity contribution in [3.05, 3.63) is 60.7 Å². The predicted molar refractivity (Wildman–Crippen MR) is 86.2 cm³/mol. The summed E-state index contributed by atoms with van der Waals surface area (Å²) < 4.78 is 14.0. The van der Waals surface area contributed by atoms with E-state index in [-0.39, 0.29) is 10.0 Å². The molecule has 0 spiro atoms. The summed E-state index contributed by atoms with van der Waals surface area (Å²) in [6.45, 7) is 0. The zero-order chi connectivity index (χ0) is 14.9. The van der Waals surface area contributed by atoms with E-state index >= 15 is 0 Å². The highest BCUT2D eigenvalue weighted by molar-refractivity contribution is 9.10. The first-order valence-corrected chi connectivity index (χ1v) is 7.63. The van der Waals surface area contributed by atoms with Crippen LogP contribution in [0.2, 0.25) is 10.0 Å². The summed E-state index contributed by atoms with van der Waals surface area (Å²) >= 11 is 18.3. The minimum atomic E-state index is -0.443. The maximum atomic E-state index is 13.1. The molecule has 20 heavy (non-hydrogen) atoms. The maximum absolute atomic E-state index is 13.1. The first-order valence-electron chi connectivity index (χ1n) is 5.29. The van der Waals surface area contributed by atoms with Gasteiger partial charge in [-0.15, -0.1) is 0 Å². The zero-order valence-electron chi connectivity index (χ0n) is 9.68. The third-order valence-electron chi connectivity index (χ3n) is 2.43. The topological polar surface area (TPSA) is 29.1 Å². The molecule has 2 rings (SSSR count). The van der Waals surface area contributed by atoms with Crippen LogP contribution in [0.5, 0.6) is 0 Å². The molecule has 7 heteroatoms. The van der Waals surface area contributed by atoms with Crippen LogP contribution in [0.1, 0.15) is 10.4 Å². The van der Waals surface area contributed by atoms with Gasteiger partial charge in [0.05, 0.1) is 20.2 Å². The summed E-state index contributed by atoms with van der Waals surface area (Å²) in [6.07, 6.45) is 0. The van der Waals surface area contributed by atoms with Gasteiger partial charge in [0, 0.05) is 10.0 Å². The van der Waals surface area contributed by atoms with Crippen molar-refractivity contribution in [3.8, 4) is 0 Å². The number of nitrogens with one attached hydrogen (secondary N) is 1. The van der Waals surface area contributed by atoms with E-state index in [2.05, 4.69) is 37.2 Å². The molecule has 0 heterocycles. The van der Waals surface area contributed by atoms with E-state index in [9.17, 15) is 9.18 Å². The number of hydrogen-bond donors (Lipinski definition) is 1. The molecule has 2 nitrogen and oxygen atoms in total. The van der Waals surface area contributed by atoms with Gasteiger partial charge in [-0.1, -0.05) is 39.1 Å². The smallest absolute Gasteiger partial charge is 0.255 e. The number of carbonyl (C=O) groups is 1. The summed E-state index contributed by atoms with van der Waals surface area (Å²) in [5, 5.41) is 3.21. The van der Waals surface area contributed by atoms with Crippen LogP contribution >= 0.6 is 55.1 Å². The van der Waals surface area contributed by atoms with E-state index in [0.717, 1.165) is 0 Å². The highest BCUT2D eigenvalue weighted by Gasteiger charge is 2.13. The Kier molecular flexibility index (Phi) is 5.07. The summed E-state index contributed by atoms with van der Waals surface area (Å²) in [6, 6.07) is 7.18. The van der Waals surface area contributed by atoms with Crippen molar-refractivity contribution in [1.82, 2.24) is 0 Å². The normalized spacial score (nSPS) is 10.4. The molecule has 0 aliphatic heterocycles. The minimum absolute atomic E-state index is 0.207. The third-order valence-corrected chi connectivity index (χ3v) is 4.09. The summed E-state index contributed by atoms with van der Waals surface area (Å²) in [7, 11) is 0. The van der Waals surface area contributed by atoms with Gasteiger partial charge in [0.15, 0.2) is 0 Å². The predicted octanol–water partition coefficient (Wildman–Crippen LogP) is 5.91. The van der Waals surface area contributed by atoms with Crippen LogP contribution < -0.4 is 5.32 Å². The number of benzene rings is 2. The molecule has 2 aromatic rings. The van der Waals surface area contributed by atoms with Crippen molar-refractivity contribution in [1.29, 1.82) is 0 Å². The second-order valence-corrected chi connectivity index (χ2v) is 6.41. The fourth-order valence-corrected chi connectivity index (χ4v) is 3.17. The molecular weight excluding hydrogens is 436 g/mol. The fourth-order valence-electron chi connectivity index (χ4n) is 1.48. The molecule has 0 fully saturated rings. The van der Waals surface area contributed by atoms with E-state index in [4.69, 9.17) is 23.2 Å². The lowest BCUT2D eigenvalue weighted by Gasteiger charge is -2.10. The van der Waals surface area contributed by atoms with Crippen molar-refractivity contribution in [3.63, 3.8) is 0 Å². The molecule has 0 unspecified atom stereocenters. The Labute approximate surface area is 141 Å². The molecule has 1 amide bonds. The average molecular weight is 442 g/mol. The van der Waals surface area contributed by atoms with Gasteiger partial charge in [0.25, 0.3) is 5.91 Å². The SMILES string of the molecule is O=C(Nc1c(Cl)cc(Br)cc1Cl)c1ccc(F)c(Br)c1. The van der Waals surface area contributed by atoms with Crippen LogP contribution in [-0.2, 0) is 0 Å². The summed E-state index contributed by atoms with van der Waals surface area (Å²) in [5.41, 5.74) is 0.593. The van der Waals surface area contributed by atoms with Gasteiger partial charge in [-0.3, -0.25) is 4.79 Å². The Morgan fingerprint density at radius 3 is 2.25 bits per heavy atom. The largest absolute Gasteiger partial charge is 0.319 e. The monoisotopic (exact) mass is 439 g/mol. The van der Waals surface area contributed by atoms with Gasteiger partial charge in [-0.2, -0.15) is 0 Å². The molecule has 0 aromatic heterocycles. The van der Waals surface area contributed by atoms with Crippen molar-refractivity contribution in [2.24, 2.45) is 0 Å². The number of hydrogen-bond acceptors (Lipinski definition) is 1. The standard InChI is InChI=1S/C13H6Br2Cl2FNO/c14-7-4-9(16)12(10(17)5-7)19-13(20)6-1-2-11(18)8(15)3-6/h1-5H,(H,19,20). The van der Waals surface area contributed by atoms with Crippen LogP contribution in [0.3, 0.4) is 0 Å². The molecule has 0 aliphatic carbocycles. The van der Waals surface area contributed by atoms with E-state index in [0.29, 0.717) is 20.2 Å². The molecule has 0 radical (unpaired) electrons. The lowest BCUT2D eigenvalue weighted by atomic mass is 10.2. The van der Waals surface area contributed by atoms with Crippen LogP contribution in [0.15, 0.2) is 39.3 Å². The van der Waals surface area contributed by atoms with Gasteiger partial charge >= 0.3 is 0 Å². The Balaban J connectivity index is 2.30. The number of anilines is 1. The number of rotatable bonds is 2. The Morgan fingerprint density at radius 1 is 1.10 bits per heavy atom. The van der Waals surface area contributed by atoms with Crippen molar-refractivity contribution < 1.29 is 9.18 Å².